The summed E-state index contributed by atoms with van der Waals surface area (Å²) in [7, 11) is 0. The molecule has 2 fully saturated rings. The van der Waals surface area contributed by atoms with Gasteiger partial charge in [-0.05, 0) is 61.7 Å². The summed E-state index contributed by atoms with van der Waals surface area (Å²) >= 11 is 2.34. The van der Waals surface area contributed by atoms with Gasteiger partial charge in [-0.15, -0.1) is 0 Å². The van der Waals surface area contributed by atoms with Crippen LogP contribution in [0.3, 0.4) is 0 Å². The van der Waals surface area contributed by atoms with Crippen molar-refractivity contribution >= 4 is 11.8 Å². The lowest BCUT2D eigenvalue weighted by molar-refractivity contribution is 0.181. The van der Waals surface area contributed by atoms with E-state index in [2.05, 4.69) is 53.3 Å². The van der Waals surface area contributed by atoms with Crippen molar-refractivity contribution in [1.29, 1.82) is 0 Å². The summed E-state index contributed by atoms with van der Waals surface area (Å²) in [4.78, 5) is 0. The molecule has 0 saturated heterocycles. The highest BCUT2D eigenvalue weighted by Crippen LogP contribution is 2.48. The number of thioether (sulfide) groups is 1. The zero-order valence-electron chi connectivity index (χ0n) is 15.4. The van der Waals surface area contributed by atoms with Gasteiger partial charge in [0.05, 0.1) is 0 Å². The van der Waals surface area contributed by atoms with Gasteiger partial charge in [0.25, 0.3) is 0 Å². The third-order valence-corrected chi connectivity index (χ3v) is 8.11. The van der Waals surface area contributed by atoms with Gasteiger partial charge >= 0.3 is 0 Å². The van der Waals surface area contributed by atoms with Crippen molar-refractivity contribution in [2.75, 3.05) is 0 Å². The molecule has 0 unspecified atom stereocenters. The van der Waals surface area contributed by atoms with E-state index < -0.39 is 0 Å². The van der Waals surface area contributed by atoms with E-state index in [0.29, 0.717) is 10.2 Å². The molecule has 0 aliphatic heterocycles. The number of hydrogen-bond acceptors (Lipinski definition) is 1. The maximum atomic E-state index is 2.54. The van der Waals surface area contributed by atoms with Crippen LogP contribution in [0.4, 0.5) is 0 Å². The summed E-state index contributed by atoms with van der Waals surface area (Å²) < 4.78 is 0.499. The summed E-state index contributed by atoms with van der Waals surface area (Å²) in [6.07, 6.45) is 11.7. The van der Waals surface area contributed by atoms with Gasteiger partial charge in [-0.25, -0.2) is 0 Å². The quantitative estimate of drug-likeness (QED) is 0.544. The molecule has 1 heteroatoms. The minimum absolute atomic E-state index is 0.499. The van der Waals surface area contributed by atoms with Gasteiger partial charge < -0.3 is 0 Å². The molecule has 0 spiro atoms. The van der Waals surface area contributed by atoms with Crippen molar-refractivity contribution in [3.8, 4) is 0 Å². The first kappa shape index (κ1) is 17.7. The molecule has 0 nitrogen and oxygen atoms in total. The molecule has 0 atom stereocenters. The van der Waals surface area contributed by atoms with E-state index in [4.69, 9.17) is 0 Å². The molecule has 2 aliphatic rings. The van der Waals surface area contributed by atoms with Crippen molar-refractivity contribution in [2.45, 2.75) is 103 Å². The van der Waals surface area contributed by atoms with Gasteiger partial charge in [0.1, 0.15) is 0 Å². The zero-order valence-corrected chi connectivity index (χ0v) is 16.2. The van der Waals surface area contributed by atoms with E-state index in [-0.39, 0.29) is 0 Å². The Morgan fingerprint density at radius 1 is 0.667 bits per heavy atom. The Balaban J connectivity index is 1.82. The standard InChI is InChI=1S/C20H38S/c1-15-7-9-17(10-8-15)20(5,6)21-18-13-11-16(12-14-18)19(2,3)4/h15-18H,7-14H2,1-6H3. The van der Waals surface area contributed by atoms with Gasteiger partial charge in [0.15, 0.2) is 0 Å². The van der Waals surface area contributed by atoms with Crippen molar-refractivity contribution < 1.29 is 0 Å². The first-order valence-electron chi connectivity index (χ1n) is 9.36. The lowest BCUT2D eigenvalue weighted by Crippen LogP contribution is -2.35. The minimum atomic E-state index is 0.499. The molecule has 0 bridgehead atoms. The zero-order chi connectivity index (χ0) is 15.7. The molecule has 0 aromatic carbocycles. The van der Waals surface area contributed by atoms with E-state index in [1.165, 1.54) is 51.4 Å². The van der Waals surface area contributed by atoms with Gasteiger partial charge in [-0.3, -0.25) is 0 Å². The second kappa shape index (κ2) is 6.85. The van der Waals surface area contributed by atoms with Crippen LogP contribution in [0.1, 0.15) is 92.9 Å². The van der Waals surface area contributed by atoms with Crippen molar-refractivity contribution in [2.24, 2.45) is 23.2 Å². The predicted molar refractivity (Wildman–Crippen MR) is 98.0 cm³/mol. The summed E-state index contributed by atoms with van der Waals surface area (Å²) in [5.41, 5.74) is 0.519. The first-order valence-corrected chi connectivity index (χ1v) is 10.2. The summed E-state index contributed by atoms with van der Waals surface area (Å²) in [5, 5.41) is 0.929. The van der Waals surface area contributed by atoms with Crippen LogP contribution in [0.15, 0.2) is 0 Å². The van der Waals surface area contributed by atoms with Gasteiger partial charge in [-0.1, -0.05) is 54.4 Å². The molecule has 2 aliphatic carbocycles. The smallest absolute Gasteiger partial charge is 0.0134 e. The summed E-state index contributed by atoms with van der Waals surface area (Å²) in [6.45, 7) is 14.8. The molecule has 21 heavy (non-hydrogen) atoms. The Kier molecular flexibility index (Phi) is 5.77. The molecule has 0 aromatic rings. The van der Waals surface area contributed by atoms with Crippen LogP contribution in [0.2, 0.25) is 0 Å². The Hall–Kier alpha value is 0.350. The molecule has 124 valence electrons. The van der Waals surface area contributed by atoms with E-state index in [0.717, 1.165) is 23.0 Å². The van der Waals surface area contributed by atoms with Crippen LogP contribution < -0.4 is 0 Å². The average molecular weight is 311 g/mol. The van der Waals surface area contributed by atoms with E-state index >= 15 is 0 Å². The maximum Gasteiger partial charge on any atom is 0.0134 e. The highest BCUT2D eigenvalue weighted by atomic mass is 32.2. The number of rotatable bonds is 3. The second-order valence-electron chi connectivity index (χ2n) is 9.52. The maximum absolute atomic E-state index is 2.54. The highest BCUT2D eigenvalue weighted by Gasteiger charge is 2.37. The van der Waals surface area contributed by atoms with Gasteiger partial charge in [-0.2, -0.15) is 11.8 Å². The summed E-state index contributed by atoms with van der Waals surface area (Å²) in [5.74, 6) is 2.89. The average Bonchev–Trinajstić information content (AvgIpc) is 2.38. The van der Waals surface area contributed by atoms with Crippen molar-refractivity contribution in [1.82, 2.24) is 0 Å². The van der Waals surface area contributed by atoms with Crippen molar-refractivity contribution in [3.05, 3.63) is 0 Å². The Morgan fingerprint density at radius 3 is 1.62 bits per heavy atom. The largest absolute Gasteiger partial charge is 0.152 e. The monoisotopic (exact) mass is 310 g/mol. The fraction of sp³-hybridized carbons (Fsp3) is 1.00. The topological polar surface area (TPSA) is 0 Å². The molecule has 2 rings (SSSR count). The molecular weight excluding hydrogens is 272 g/mol. The van der Waals surface area contributed by atoms with Crippen molar-refractivity contribution in [3.63, 3.8) is 0 Å². The van der Waals surface area contributed by atoms with Crippen LogP contribution in [0.25, 0.3) is 0 Å². The third-order valence-electron chi connectivity index (χ3n) is 6.37. The first-order chi connectivity index (χ1) is 9.68. The Bertz CT molecular complexity index is 309. The molecule has 0 aromatic heterocycles. The molecule has 0 radical (unpaired) electrons. The highest BCUT2D eigenvalue weighted by molar-refractivity contribution is 8.01. The molecule has 0 heterocycles. The normalized spacial score (nSPS) is 35.7. The fourth-order valence-corrected chi connectivity index (χ4v) is 6.32. The minimum Gasteiger partial charge on any atom is -0.152 e. The SMILES string of the molecule is CC1CCC(C(C)(C)SC2CCC(C(C)(C)C)CC2)CC1. The van der Waals surface area contributed by atoms with Gasteiger partial charge in [0, 0.05) is 10.00 Å². The van der Waals surface area contributed by atoms with Gasteiger partial charge in [0.2, 0.25) is 0 Å². The van der Waals surface area contributed by atoms with Crippen LogP contribution in [-0.2, 0) is 0 Å². The predicted octanol–water partition coefficient (Wildman–Crippen LogP) is 6.93. The lowest BCUT2D eigenvalue weighted by atomic mass is 9.72. The Labute approximate surface area is 138 Å². The van der Waals surface area contributed by atoms with Crippen LogP contribution >= 0.6 is 11.8 Å². The fourth-order valence-electron chi connectivity index (χ4n) is 4.53. The summed E-state index contributed by atoms with van der Waals surface area (Å²) in [6, 6.07) is 0. The Morgan fingerprint density at radius 2 is 1.14 bits per heavy atom. The molecule has 2 saturated carbocycles. The van der Waals surface area contributed by atoms with E-state index in [1.54, 1.807) is 0 Å². The van der Waals surface area contributed by atoms with Crippen LogP contribution in [0, 0.1) is 23.2 Å². The van der Waals surface area contributed by atoms with Crippen LogP contribution in [0.5, 0.6) is 0 Å². The van der Waals surface area contributed by atoms with Crippen LogP contribution in [-0.4, -0.2) is 10.00 Å². The molecular formula is C20H38S. The number of hydrogen-bond donors (Lipinski definition) is 0. The lowest BCUT2D eigenvalue weighted by Gasteiger charge is -2.43. The molecule has 0 amide bonds. The molecule has 0 N–H and O–H groups in total. The second-order valence-corrected chi connectivity index (χ2v) is 11.5. The van der Waals surface area contributed by atoms with E-state index in [1.807, 2.05) is 0 Å². The van der Waals surface area contributed by atoms with E-state index in [9.17, 15) is 0 Å². The third kappa shape index (κ3) is 4.91.